The van der Waals surface area contributed by atoms with Crippen molar-refractivity contribution in [1.29, 1.82) is 0 Å². The highest BCUT2D eigenvalue weighted by Gasteiger charge is 2.34. The van der Waals surface area contributed by atoms with Gasteiger partial charge in [0.25, 0.3) is 0 Å². The standard InChI is InChI=1S/C10H20N2.C2H6/c1-12-8-4-6-10(9-12)5-2-3-7-11-10;1-2/h11H,2-9H2,1H3;1-2H3. The van der Waals surface area contributed by atoms with Crippen molar-refractivity contribution in [3.05, 3.63) is 0 Å². The van der Waals surface area contributed by atoms with Crippen LogP contribution in [-0.2, 0) is 0 Å². The van der Waals surface area contributed by atoms with Crippen molar-refractivity contribution in [2.24, 2.45) is 0 Å². The number of nitrogens with zero attached hydrogens (tertiary/aromatic N) is 1. The molecule has 2 nitrogen and oxygen atoms in total. The molecule has 2 saturated heterocycles. The molecule has 2 rings (SSSR count). The Morgan fingerprint density at radius 3 is 2.36 bits per heavy atom. The van der Waals surface area contributed by atoms with Gasteiger partial charge in [-0.25, -0.2) is 0 Å². The Labute approximate surface area is 89.1 Å². The zero-order valence-electron chi connectivity index (χ0n) is 10.1. The molecular formula is C12H26N2. The van der Waals surface area contributed by atoms with Gasteiger partial charge in [-0.1, -0.05) is 20.3 Å². The van der Waals surface area contributed by atoms with Gasteiger partial charge in [0.15, 0.2) is 0 Å². The minimum atomic E-state index is 0.505. The summed E-state index contributed by atoms with van der Waals surface area (Å²) >= 11 is 0. The van der Waals surface area contributed by atoms with Crippen molar-refractivity contribution in [2.45, 2.75) is 51.5 Å². The summed E-state index contributed by atoms with van der Waals surface area (Å²) in [4.78, 5) is 2.47. The molecule has 0 aromatic heterocycles. The van der Waals surface area contributed by atoms with Crippen molar-refractivity contribution in [2.75, 3.05) is 26.7 Å². The molecule has 1 spiro atoms. The van der Waals surface area contributed by atoms with E-state index in [4.69, 9.17) is 0 Å². The van der Waals surface area contributed by atoms with Gasteiger partial charge >= 0.3 is 0 Å². The molecule has 1 unspecified atom stereocenters. The lowest BCUT2D eigenvalue weighted by Gasteiger charge is -2.44. The number of rotatable bonds is 0. The molecule has 0 aromatic carbocycles. The fourth-order valence-corrected chi connectivity index (χ4v) is 2.74. The van der Waals surface area contributed by atoms with E-state index in [1.165, 1.54) is 51.7 Å². The summed E-state index contributed by atoms with van der Waals surface area (Å²) in [6, 6.07) is 0. The highest BCUT2D eigenvalue weighted by molar-refractivity contribution is 4.95. The van der Waals surface area contributed by atoms with Crippen LogP contribution >= 0.6 is 0 Å². The highest BCUT2D eigenvalue weighted by atomic mass is 15.2. The average Bonchev–Trinajstić information content (AvgIpc) is 2.21. The largest absolute Gasteiger partial charge is 0.310 e. The lowest BCUT2D eigenvalue weighted by atomic mass is 9.82. The number of hydrogen-bond acceptors (Lipinski definition) is 2. The highest BCUT2D eigenvalue weighted by Crippen LogP contribution is 2.28. The molecule has 1 N–H and O–H groups in total. The normalized spacial score (nSPS) is 33.6. The summed E-state index contributed by atoms with van der Waals surface area (Å²) in [6.07, 6.45) is 6.99. The van der Waals surface area contributed by atoms with Gasteiger partial charge in [0.2, 0.25) is 0 Å². The second-order valence-corrected chi connectivity index (χ2v) is 4.51. The van der Waals surface area contributed by atoms with E-state index in [0.717, 1.165) is 0 Å². The lowest BCUT2D eigenvalue weighted by molar-refractivity contribution is 0.118. The Kier molecular flexibility index (Phi) is 4.90. The van der Waals surface area contributed by atoms with Gasteiger partial charge in [0, 0.05) is 12.1 Å². The van der Waals surface area contributed by atoms with Crippen LogP contribution in [0.3, 0.4) is 0 Å². The number of piperidine rings is 2. The summed E-state index contributed by atoms with van der Waals surface area (Å²) < 4.78 is 0. The average molecular weight is 198 g/mol. The predicted molar refractivity (Wildman–Crippen MR) is 62.7 cm³/mol. The van der Waals surface area contributed by atoms with Crippen molar-refractivity contribution < 1.29 is 0 Å². The van der Waals surface area contributed by atoms with Gasteiger partial charge < -0.3 is 10.2 Å². The molecular weight excluding hydrogens is 172 g/mol. The zero-order chi connectivity index (χ0) is 10.4. The smallest absolute Gasteiger partial charge is 0.0309 e. The topological polar surface area (TPSA) is 15.3 Å². The Bertz CT molecular complexity index is 145. The summed E-state index contributed by atoms with van der Waals surface area (Å²) in [5.74, 6) is 0. The first kappa shape index (κ1) is 12.0. The molecule has 0 saturated carbocycles. The van der Waals surface area contributed by atoms with Crippen LogP contribution < -0.4 is 5.32 Å². The first-order valence-electron chi connectivity index (χ1n) is 6.24. The number of likely N-dealkylation sites (N-methyl/N-ethyl adjacent to an activating group) is 1. The lowest BCUT2D eigenvalue weighted by Crippen LogP contribution is -2.57. The third-order valence-corrected chi connectivity index (χ3v) is 3.35. The molecule has 0 radical (unpaired) electrons. The summed E-state index contributed by atoms with van der Waals surface area (Å²) in [6.45, 7) is 7.81. The van der Waals surface area contributed by atoms with Gasteiger partial charge in [-0.2, -0.15) is 0 Å². The van der Waals surface area contributed by atoms with Gasteiger partial charge in [-0.05, 0) is 45.8 Å². The molecule has 0 bridgehead atoms. The van der Waals surface area contributed by atoms with E-state index in [1.807, 2.05) is 13.8 Å². The molecule has 2 aliphatic heterocycles. The zero-order valence-corrected chi connectivity index (χ0v) is 10.1. The number of nitrogens with one attached hydrogen (secondary N) is 1. The molecule has 2 aliphatic rings. The second-order valence-electron chi connectivity index (χ2n) is 4.51. The SMILES string of the molecule is CC.CN1CCCC2(CCCCN2)C1. The van der Waals surface area contributed by atoms with E-state index in [2.05, 4.69) is 17.3 Å². The maximum atomic E-state index is 3.72. The summed E-state index contributed by atoms with van der Waals surface area (Å²) in [5, 5.41) is 3.72. The van der Waals surface area contributed by atoms with Crippen LogP contribution in [0.1, 0.15) is 46.0 Å². The Hall–Kier alpha value is -0.0800. The third-order valence-electron chi connectivity index (χ3n) is 3.35. The molecule has 2 fully saturated rings. The summed E-state index contributed by atoms with van der Waals surface area (Å²) in [7, 11) is 2.25. The third kappa shape index (κ3) is 2.96. The Balaban J connectivity index is 0.000000461. The van der Waals surface area contributed by atoms with E-state index in [9.17, 15) is 0 Å². The first-order chi connectivity index (χ1) is 6.81. The van der Waals surface area contributed by atoms with Crippen molar-refractivity contribution in [3.63, 3.8) is 0 Å². The van der Waals surface area contributed by atoms with Crippen LogP contribution in [0.5, 0.6) is 0 Å². The minimum absolute atomic E-state index is 0.505. The summed E-state index contributed by atoms with van der Waals surface area (Å²) in [5.41, 5.74) is 0.505. The van der Waals surface area contributed by atoms with E-state index < -0.39 is 0 Å². The Morgan fingerprint density at radius 2 is 1.79 bits per heavy atom. The van der Waals surface area contributed by atoms with E-state index in [0.29, 0.717) is 5.54 Å². The van der Waals surface area contributed by atoms with Gasteiger partial charge in [0.1, 0.15) is 0 Å². The minimum Gasteiger partial charge on any atom is -0.310 e. The first-order valence-corrected chi connectivity index (χ1v) is 6.24. The van der Waals surface area contributed by atoms with Crippen LogP contribution in [-0.4, -0.2) is 37.1 Å². The van der Waals surface area contributed by atoms with Crippen LogP contribution in [0.25, 0.3) is 0 Å². The maximum Gasteiger partial charge on any atom is 0.0309 e. The van der Waals surface area contributed by atoms with Crippen molar-refractivity contribution >= 4 is 0 Å². The molecule has 2 heteroatoms. The predicted octanol–water partition coefficient (Wildman–Crippen LogP) is 2.25. The molecule has 2 heterocycles. The number of likely N-dealkylation sites (tertiary alicyclic amines) is 1. The monoisotopic (exact) mass is 198 g/mol. The van der Waals surface area contributed by atoms with Crippen molar-refractivity contribution in [3.8, 4) is 0 Å². The molecule has 14 heavy (non-hydrogen) atoms. The molecule has 0 aliphatic carbocycles. The van der Waals surface area contributed by atoms with Gasteiger partial charge in [0.05, 0.1) is 0 Å². The van der Waals surface area contributed by atoms with Gasteiger partial charge in [-0.3, -0.25) is 0 Å². The fraction of sp³-hybridized carbons (Fsp3) is 1.00. The van der Waals surface area contributed by atoms with Gasteiger partial charge in [-0.15, -0.1) is 0 Å². The molecule has 0 aromatic rings. The van der Waals surface area contributed by atoms with Crippen molar-refractivity contribution in [1.82, 2.24) is 10.2 Å². The van der Waals surface area contributed by atoms with Crippen LogP contribution in [0.4, 0.5) is 0 Å². The molecule has 84 valence electrons. The fourth-order valence-electron chi connectivity index (χ4n) is 2.74. The number of hydrogen-bond donors (Lipinski definition) is 1. The maximum absolute atomic E-state index is 3.72. The Morgan fingerprint density at radius 1 is 1.07 bits per heavy atom. The van der Waals surface area contributed by atoms with E-state index in [1.54, 1.807) is 0 Å². The molecule has 1 atom stereocenters. The van der Waals surface area contributed by atoms with Crippen LogP contribution in [0.2, 0.25) is 0 Å². The molecule has 0 amide bonds. The second kappa shape index (κ2) is 5.72. The van der Waals surface area contributed by atoms with E-state index >= 15 is 0 Å². The van der Waals surface area contributed by atoms with Crippen LogP contribution in [0.15, 0.2) is 0 Å². The van der Waals surface area contributed by atoms with E-state index in [-0.39, 0.29) is 0 Å². The quantitative estimate of drug-likeness (QED) is 0.642. The van der Waals surface area contributed by atoms with Crippen LogP contribution in [0, 0.1) is 0 Å².